The molecule has 1 N–H and O–H groups in total. The summed E-state index contributed by atoms with van der Waals surface area (Å²) >= 11 is 6.22. The fraction of sp³-hybridized carbons (Fsp3) is 0.350. The van der Waals surface area contributed by atoms with Crippen molar-refractivity contribution in [2.75, 3.05) is 0 Å². The Balaban J connectivity index is 1.95. The molecule has 0 heterocycles. The lowest BCUT2D eigenvalue weighted by atomic mass is 9.98. The van der Waals surface area contributed by atoms with Crippen molar-refractivity contribution in [3.05, 3.63) is 58.6 Å². The monoisotopic (exact) mass is 362 g/mol. The van der Waals surface area contributed by atoms with Crippen LogP contribution in [0.2, 0.25) is 5.02 Å². The molecular formula is C20H23ClO4. The van der Waals surface area contributed by atoms with Gasteiger partial charge in [0.15, 0.2) is 0 Å². The highest BCUT2D eigenvalue weighted by molar-refractivity contribution is 6.32. The summed E-state index contributed by atoms with van der Waals surface area (Å²) in [6.07, 6.45) is 0.186. The maximum absolute atomic E-state index is 10.8. The molecule has 0 bridgehead atoms. The zero-order valence-corrected chi connectivity index (χ0v) is 15.4. The van der Waals surface area contributed by atoms with Crippen LogP contribution < -0.4 is 9.47 Å². The van der Waals surface area contributed by atoms with Crippen LogP contribution in [-0.2, 0) is 11.4 Å². The molecule has 0 aliphatic rings. The number of carbonyl (C=O) groups is 1. The molecule has 1 atom stereocenters. The Hall–Kier alpha value is -2.20. The van der Waals surface area contributed by atoms with E-state index in [9.17, 15) is 4.79 Å². The normalized spacial score (nSPS) is 12.0. The summed E-state index contributed by atoms with van der Waals surface area (Å²) in [5.41, 5.74) is 1.93. The van der Waals surface area contributed by atoms with Crippen LogP contribution in [0.1, 0.15) is 44.2 Å². The Labute approximate surface area is 153 Å². The highest BCUT2D eigenvalue weighted by Crippen LogP contribution is 2.27. The molecule has 5 heteroatoms. The third-order valence-electron chi connectivity index (χ3n) is 3.69. The molecule has 2 rings (SSSR count). The van der Waals surface area contributed by atoms with E-state index in [1.54, 1.807) is 0 Å². The van der Waals surface area contributed by atoms with Gasteiger partial charge in [0, 0.05) is 0 Å². The van der Waals surface area contributed by atoms with E-state index >= 15 is 0 Å². The third-order valence-corrected chi connectivity index (χ3v) is 3.99. The minimum absolute atomic E-state index is 0.0288. The zero-order chi connectivity index (χ0) is 18.4. The Kier molecular flexibility index (Phi) is 6.71. The van der Waals surface area contributed by atoms with Gasteiger partial charge in [-0.3, -0.25) is 4.79 Å². The highest BCUT2D eigenvalue weighted by Gasteiger charge is 2.10. The Morgan fingerprint density at radius 1 is 1.12 bits per heavy atom. The summed E-state index contributed by atoms with van der Waals surface area (Å²) in [6, 6.07) is 13.1. The molecule has 4 nitrogen and oxygen atoms in total. The maximum Gasteiger partial charge on any atom is 0.303 e. The average molecular weight is 363 g/mol. The van der Waals surface area contributed by atoms with Gasteiger partial charge in [-0.1, -0.05) is 36.7 Å². The lowest BCUT2D eigenvalue weighted by Gasteiger charge is -2.13. The topological polar surface area (TPSA) is 55.8 Å². The predicted octanol–water partition coefficient (Wildman–Crippen LogP) is 5.28. The SMILES string of the molecule is CC(C)Oc1ccc(COc2ccc([C@H](C)CC(=O)O)cc2)cc1Cl. The number of carboxylic acids is 1. The van der Waals surface area contributed by atoms with Crippen LogP contribution in [-0.4, -0.2) is 17.2 Å². The van der Waals surface area contributed by atoms with Crippen LogP contribution in [0.15, 0.2) is 42.5 Å². The van der Waals surface area contributed by atoms with E-state index < -0.39 is 5.97 Å². The van der Waals surface area contributed by atoms with Crippen molar-refractivity contribution in [2.45, 2.75) is 45.8 Å². The van der Waals surface area contributed by atoms with Crippen molar-refractivity contribution in [2.24, 2.45) is 0 Å². The van der Waals surface area contributed by atoms with Crippen molar-refractivity contribution >= 4 is 17.6 Å². The van der Waals surface area contributed by atoms with Crippen molar-refractivity contribution in [3.63, 3.8) is 0 Å². The lowest BCUT2D eigenvalue weighted by Crippen LogP contribution is -2.06. The Morgan fingerprint density at radius 3 is 2.36 bits per heavy atom. The largest absolute Gasteiger partial charge is 0.489 e. The molecule has 0 saturated heterocycles. The summed E-state index contributed by atoms with van der Waals surface area (Å²) in [4.78, 5) is 10.8. The first-order valence-corrected chi connectivity index (χ1v) is 8.62. The number of ether oxygens (including phenoxy) is 2. The van der Waals surface area contributed by atoms with E-state index in [2.05, 4.69) is 0 Å². The molecular weight excluding hydrogens is 340 g/mol. The number of hydrogen-bond acceptors (Lipinski definition) is 3. The fourth-order valence-corrected chi connectivity index (χ4v) is 2.67. The van der Waals surface area contributed by atoms with Crippen molar-refractivity contribution < 1.29 is 19.4 Å². The van der Waals surface area contributed by atoms with Gasteiger partial charge in [0.25, 0.3) is 0 Å². The van der Waals surface area contributed by atoms with Crippen LogP contribution in [0.5, 0.6) is 11.5 Å². The van der Waals surface area contributed by atoms with E-state index in [4.69, 9.17) is 26.2 Å². The number of halogens is 1. The third kappa shape index (κ3) is 5.98. The smallest absolute Gasteiger partial charge is 0.303 e. The molecule has 0 aliphatic carbocycles. The minimum atomic E-state index is -0.797. The van der Waals surface area contributed by atoms with E-state index in [1.807, 2.05) is 63.2 Å². The van der Waals surface area contributed by atoms with E-state index in [0.717, 1.165) is 16.9 Å². The second-order valence-corrected chi connectivity index (χ2v) is 6.70. The first-order chi connectivity index (χ1) is 11.8. The summed E-state index contributed by atoms with van der Waals surface area (Å²) in [7, 11) is 0. The molecule has 0 amide bonds. The van der Waals surface area contributed by atoms with Gasteiger partial charge in [-0.2, -0.15) is 0 Å². The zero-order valence-electron chi connectivity index (χ0n) is 14.7. The molecule has 2 aromatic rings. The molecule has 2 aromatic carbocycles. The molecule has 0 radical (unpaired) electrons. The van der Waals surface area contributed by atoms with E-state index in [1.165, 1.54) is 0 Å². The number of hydrogen-bond donors (Lipinski definition) is 1. The summed E-state index contributed by atoms with van der Waals surface area (Å²) in [6.45, 7) is 6.20. The number of aliphatic carboxylic acids is 1. The fourth-order valence-electron chi connectivity index (χ4n) is 2.42. The van der Waals surface area contributed by atoms with Crippen LogP contribution in [0.4, 0.5) is 0 Å². The van der Waals surface area contributed by atoms with Crippen LogP contribution in [0.3, 0.4) is 0 Å². The number of benzene rings is 2. The minimum Gasteiger partial charge on any atom is -0.489 e. The number of carboxylic acid groups (broad SMARTS) is 1. The number of rotatable bonds is 8. The quantitative estimate of drug-likeness (QED) is 0.693. The molecule has 0 saturated carbocycles. The van der Waals surface area contributed by atoms with Gasteiger partial charge in [-0.25, -0.2) is 0 Å². The molecule has 0 fully saturated rings. The molecule has 0 unspecified atom stereocenters. The van der Waals surface area contributed by atoms with Gasteiger partial charge in [-0.05, 0) is 55.2 Å². The van der Waals surface area contributed by atoms with Crippen LogP contribution in [0.25, 0.3) is 0 Å². The summed E-state index contributed by atoms with van der Waals surface area (Å²) < 4.78 is 11.4. The van der Waals surface area contributed by atoms with Crippen LogP contribution >= 0.6 is 11.6 Å². The second kappa shape index (κ2) is 8.77. The van der Waals surface area contributed by atoms with Crippen LogP contribution in [0, 0.1) is 0 Å². The van der Waals surface area contributed by atoms with Gasteiger partial charge >= 0.3 is 5.97 Å². The Bertz CT molecular complexity index is 710. The first-order valence-electron chi connectivity index (χ1n) is 8.24. The van der Waals surface area contributed by atoms with Gasteiger partial charge in [0.2, 0.25) is 0 Å². The maximum atomic E-state index is 10.8. The van der Waals surface area contributed by atoms with E-state index in [-0.39, 0.29) is 18.4 Å². The van der Waals surface area contributed by atoms with Crippen molar-refractivity contribution in [3.8, 4) is 11.5 Å². The van der Waals surface area contributed by atoms with Gasteiger partial charge < -0.3 is 14.6 Å². The van der Waals surface area contributed by atoms with Gasteiger partial charge in [0.05, 0.1) is 17.5 Å². The molecule has 0 spiro atoms. The molecule has 25 heavy (non-hydrogen) atoms. The molecule has 0 aliphatic heterocycles. The predicted molar refractivity (Wildman–Crippen MR) is 98.7 cm³/mol. The highest BCUT2D eigenvalue weighted by atomic mass is 35.5. The second-order valence-electron chi connectivity index (χ2n) is 6.29. The molecule has 0 aromatic heterocycles. The Morgan fingerprint density at radius 2 is 1.80 bits per heavy atom. The molecule has 134 valence electrons. The van der Waals surface area contributed by atoms with Gasteiger partial charge in [-0.15, -0.1) is 0 Å². The van der Waals surface area contributed by atoms with E-state index in [0.29, 0.717) is 17.4 Å². The average Bonchev–Trinajstić information content (AvgIpc) is 2.54. The van der Waals surface area contributed by atoms with Gasteiger partial charge in [0.1, 0.15) is 18.1 Å². The standard InChI is InChI=1S/C20H23ClO4/c1-13(2)25-19-9-4-15(11-18(19)21)12-24-17-7-5-16(6-8-17)14(3)10-20(22)23/h4-9,11,13-14H,10,12H2,1-3H3,(H,22,23)/t14-/m1/s1. The summed E-state index contributed by atoms with van der Waals surface area (Å²) in [5.74, 6) is 0.565. The first kappa shape index (κ1) is 19.1. The van der Waals surface area contributed by atoms with Crippen molar-refractivity contribution in [1.29, 1.82) is 0 Å². The van der Waals surface area contributed by atoms with Crippen molar-refractivity contribution in [1.82, 2.24) is 0 Å². The lowest BCUT2D eigenvalue weighted by molar-refractivity contribution is -0.137. The summed E-state index contributed by atoms with van der Waals surface area (Å²) in [5, 5.41) is 9.42.